The highest BCUT2D eigenvalue weighted by molar-refractivity contribution is 5.99. The van der Waals surface area contributed by atoms with Gasteiger partial charge in [0.05, 0.1) is 0 Å². The summed E-state index contributed by atoms with van der Waals surface area (Å²) in [7, 11) is 0. The van der Waals surface area contributed by atoms with Crippen molar-refractivity contribution in [3.63, 3.8) is 0 Å². The van der Waals surface area contributed by atoms with Crippen LogP contribution in [0.5, 0.6) is 0 Å². The van der Waals surface area contributed by atoms with Crippen LogP contribution in [-0.4, -0.2) is 29.8 Å². The lowest BCUT2D eigenvalue weighted by molar-refractivity contribution is 0.0846. The minimum absolute atomic E-state index is 0.0284. The largest absolute Gasteiger partial charge is 0.300 e. The highest BCUT2D eigenvalue weighted by atomic mass is 16.2. The molecule has 5 heteroatoms. The minimum Gasteiger partial charge on any atom is -0.300 e. The van der Waals surface area contributed by atoms with Gasteiger partial charge in [0.25, 0.3) is 11.8 Å². The Hall–Kier alpha value is -2.66. The van der Waals surface area contributed by atoms with Crippen LogP contribution in [0.15, 0.2) is 48.5 Å². The molecule has 2 rings (SSSR count). The minimum atomic E-state index is -0.341. The number of rotatable bonds is 6. The number of carbonyl (C=O) groups is 2. The molecule has 5 nitrogen and oxygen atoms in total. The second-order valence-electron chi connectivity index (χ2n) is 7.89. The van der Waals surface area contributed by atoms with Gasteiger partial charge in [-0.2, -0.15) is 0 Å². The van der Waals surface area contributed by atoms with Crippen molar-refractivity contribution in [2.75, 3.05) is 13.1 Å². The summed E-state index contributed by atoms with van der Waals surface area (Å²) in [5, 5.41) is 0. The van der Waals surface area contributed by atoms with E-state index in [2.05, 4.69) is 50.4 Å². The van der Waals surface area contributed by atoms with Crippen LogP contribution in [0.25, 0.3) is 0 Å². The van der Waals surface area contributed by atoms with Crippen LogP contribution in [0.2, 0.25) is 0 Å². The van der Waals surface area contributed by atoms with Crippen molar-refractivity contribution in [1.82, 2.24) is 15.8 Å². The molecular formula is C23H31N3O2. The molecule has 2 N–H and O–H groups in total. The Bertz CT molecular complexity index is 786. The van der Waals surface area contributed by atoms with Crippen molar-refractivity contribution < 1.29 is 9.59 Å². The van der Waals surface area contributed by atoms with Crippen molar-refractivity contribution in [2.45, 2.75) is 46.6 Å². The highest BCUT2D eigenvalue weighted by Crippen LogP contribution is 2.22. The lowest BCUT2D eigenvalue weighted by Crippen LogP contribution is -2.41. The molecule has 0 saturated heterocycles. The van der Waals surface area contributed by atoms with Gasteiger partial charge in [0, 0.05) is 17.7 Å². The van der Waals surface area contributed by atoms with E-state index in [4.69, 9.17) is 0 Å². The fraction of sp³-hybridized carbons (Fsp3) is 0.391. The van der Waals surface area contributed by atoms with E-state index < -0.39 is 0 Å². The molecule has 0 atom stereocenters. The van der Waals surface area contributed by atoms with Gasteiger partial charge in [-0.3, -0.25) is 25.3 Å². The molecule has 0 fully saturated rings. The summed E-state index contributed by atoms with van der Waals surface area (Å²) in [6, 6.07) is 14.8. The number of benzene rings is 2. The van der Waals surface area contributed by atoms with E-state index in [0.717, 1.165) is 30.8 Å². The van der Waals surface area contributed by atoms with E-state index in [1.165, 1.54) is 0 Å². The molecule has 0 aliphatic carbocycles. The third-order valence-corrected chi connectivity index (χ3v) is 4.82. The average molecular weight is 382 g/mol. The molecule has 0 aromatic heterocycles. The SMILES string of the molecule is CCN(CC)Cc1ccc(C(=O)NNC(=O)c2ccc(C(C)(C)C)cc2)cc1. The number of amides is 2. The molecule has 0 unspecified atom stereocenters. The molecule has 0 spiro atoms. The second-order valence-corrected chi connectivity index (χ2v) is 7.89. The van der Waals surface area contributed by atoms with Crippen LogP contribution in [0.1, 0.15) is 66.5 Å². The number of hydrogen-bond acceptors (Lipinski definition) is 3. The molecule has 150 valence electrons. The predicted octanol–water partition coefficient (Wildman–Crippen LogP) is 3.90. The van der Waals surface area contributed by atoms with Crippen LogP contribution < -0.4 is 10.9 Å². The summed E-state index contributed by atoms with van der Waals surface area (Å²) in [4.78, 5) is 26.8. The maximum atomic E-state index is 12.3. The molecule has 2 amide bonds. The first kappa shape index (κ1) is 21.6. The Morgan fingerprint density at radius 2 is 1.21 bits per heavy atom. The van der Waals surface area contributed by atoms with Crippen LogP contribution >= 0.6 is 0 Å². The molecule has 0 heterocycles. The summed E-state index contributed by atoms with van der Waals surface area (Å²) < 4.78 is 0. The molecule has 28 heavy (non-hydrogen) atoms. The molecule has 2 aromatic rings. The molecule has 2 aromatic carbocycles. The molecule has 0 aliphatic rings. The van der Waals surface area contributed by atoms with Crippen molar-refractivity contribution in [2.24, 2.45) is 0 Å². The van der Waals surface area contributed by atoms with Gasteiger partial charge >= 0.3 is 0 Å². The number of hydrazine groups is 1. The fourth-order valence-corrected chi connectivity index (χ4v) is 2.85. The van der Waals surface area contributed by atoms with E-state index in [-0.39, 0.29) is 17.2 Å². The van der Waals surface area contributed by atoms with E-state index in [1.807, 2.05) is 24.3 Å². The number of nitrogens with zero attached hydrogens (tertiary/aromatic N) is 1. The molecule has 0 saturated carbocycles. The van der Waals surface area contributed by atoms with Gasteiger partial charge in [0.2, 0.25) is 0 Å². The second kappa shape index (κ2) is 9.51. The Kier molecular flexibility index (Phi) is 7.35. The average Bonchev–Trinajstić information content (AvgIpc) is 2.69. The first-order valence-corrected chi connectivity index (χ1v) is 9.77. The van der Waals surface area contributed by atoms with Crippen LogP contribution in [0, 0.1) is 0 Å². The van der Waals surface area contributed by atoms with Crippen molar-refractivity contribution in [3.05, 3.63) is 70.8 Å². The van der Waals surface area contributed by atoms with E-state index in [9.17, 15) is 9.59 Å². The zero-order chi connectivity index (χ0) is 20.7. The Balaban J connectivity index is 1.91. The van der Waals surface area contributed by atoms with Gasteiger partial charge < -0.3 is 0 Å². The maximum absolute atomic E-state index is 12.3. The van der Waals surface area contributed by atoms with E-state index in [0.29, 0.717) is 11.1 Å². The first-order chi connectivity index (χ1) is 13.2. The van der Waals surface area contributed by atoms with Crippen LogP contribution in [0.4, 0.5) is 0 Å². The maximum Gasteiger partial charge on any atom is 0.269 e. The third-order valence-electron chi connectivity index (χ3n) is 4.82. The van der Waals surface area contributed by atoms with Crippen LogP contribution in [-0.2, 0) is 12.0 Å². The van der Waals surface area contributed by atoms with Gasteiger partial charge in [0.15, 0.2) is 0 Å². The molecule has 0 radical (unpaired) electrons. The molecule has 0 bridgehead atoms. The van der Waals surface area contributed by atoms with Gasteiger partial charge in [-0.25, -0.2) is 0 Å². The Morgan fingerprint density at radius 3 is 1.61 bits per heavy atom. The van der Waals surface area contributed by atoms with E-state index >= 15 is 0 Å². The standard InChI is InChI=1S/C23H31N3O2/c1-6-26(7-2)16-17-8-10-18(11-9-17)21(27)24-25-22(28)19-12-14-20(15-13-19)23(3,4)5/h8-15H,6-7,16H2,1-5H3,(H,24,27)(H,25,28). The van der Waals surface area contributed by atoms with Crippen molar-refractivity contribution in [3.8, 4) is 0 Å². The quantitative estimate of drug-likeness (QED) is 0.746. The number of carbonyl (C=O) groups excluding carboxylic acids is 2. The topological polar surface area (TPSA) is 61.4 Å². The summed E-state index contributed by atoms with van der Waals surface area (Å²) >= 11 is 0. The fourth-order valence-electron chi connectivity index (χ4n) is 2.85. The Labute approximate surface area is 168 Å². The molecule has 0 aliphatic heterocycles. The van der Waals surface area contributed by atoms with E-state index in [1.54, 1.807) is 24.3 Å². The first-order valence-electron chi connectivity index (χ1n) is 9.77. The smallest absolute Gasteiger partial charge is 0.269 e. The monoisotopic (exact) mass is 381 g/mol. The lowest BCUT2D eigenvalue weighted by atomic mass is 9.87. The normalized spacial score (nSPS) is 11.4. The van der Waals surface area contributed by atoms with Crippen molar-refractivity contribution in [1.29, 1.82) is 0 Å². The third kappa shape index (κ3) is 5.92. The predicted molar refractivity (Wildman–Crippen MR) is 113 cm³/mol. The summed E-state index contributed by atoms with van der Waals surface area (Å²) in [6.07, 6.45) is 0. The number of nitrogens with one attached hydrogen (secondary N) is 2. The summed E-state index contributed by atoms with van der Waals surface area (Å²) in [5.74, 6) is -0.680. The summed E-state index contributed by atoms with van der Waals surface area (Å²) in [5.41, 5.74) is 8.29. The summed E-state index contributed by atoms with van der Waals surface area (Å²) in [6.45, 7) is 13.5. The van der Waals surface area contributed by atoms with Gasteiger partial charge in [0.1, 0.15) is 0 Å². The Morgan fingerprint density at radius 1 is 0.786 bits per heavy atom. The van der Waals surface area contributed by atoms with Gasteiger partial charge in [-0.1, -0.05) is 58.9 Å². The van der Waals surface area contributed by atoms with Gasteiger partial charge in [-0.15, -0.1) is 0 Å². The van der Waals surface area contributed by atoms with Gasteiger partial charge in [-0.05, 0) is 53.9 Å². The highest BCUT2D eigenvalue weighted by Gasteiger charge is 2.15. The van der Waals surface area contributed by atoms with Crippen LogP contribution in [0.3, 0.4) is 0 Å². The van der Waals surface area contributed by atoms with Crippen molar-refractivity contribution >= 4 is 11.8 Å². The zero-order valence-corrected chi connectivity index (χ0v) is 17.5. The molecular weight excluding hydrogens is 350 g/mol. The number of hydrogen-bond donors (Lipinski definition) is 2. The lowest BCUT2D eigenvalue weighted by Gasteiger charge is -2.19. The zero-order valence-electron chi connectivity index (χ0n) is 17.5.